The number of cyclic esters (lactones) is 2. The Labute approximate surface area is 304 Å². The highest BCUT2D eigenvalue weighted by molar-refractivity contribution is 6.09. The molecule has 6 atom stereocenters. The molecule has 0 saturated carbocycles. The molecule has 5 rings (SSSR count). The van der Waals surface area contributed by atoms with Crippen molar-refractivity contribution in [3.05, 3.63) is 113 Å². The Kier molecular flexibility index (Phi) is 13.0. The van der Waals surface area contributed by atoms with Crippen LogP contribution in [0.5, 0.6) is 5.75 Å². The molecule has 0 aliphatic carbocycles. The van der Waals surface area contributed by atoms with E-state index in [4.69, 9.17) is 18.9 Å². The van der Waals surface area contributed by atoms with E-state index < -0.39 is 42.0 Å². The lowest BCUT2D eigenvalue weighted by atomic mass is 9.93. The second kappa shape index (κ2) is 17.8. The Hall–Kier alpha value is -5.29. The van der Waals surface area contributed by atoms with Crippen LogP contribution in [0.2, 0.25) is 0 Å². The van der Waals surface area contributed by atoms with Gasteiger partial charge in [-0.25, -0.2) is 4.79 Å². The Bertz CT molecular complexity index is 1740. The molecule has 0 bridgehead atoms. The van der Waals surface area contributed by atoms with Crippen molar-refractivity contribution in [2.45, 2.75) is 76.9 Å². The number of esters is 2. The molecule has 3 aromatic rings. The summed E-state index contributed by atoms with van der Waals surface area (Å²) >= 11 is 0. The second-order valence-corrected chi connectivity index (χ2v) is 13.6. The lowest BCUT2D eigenvalue weighted by Crippen LogP contribution is -2.48. The Morgan fingerprint density at radius 2 is 1.58 bits per heavy atom. The van der Waals surface area contributed by atoms with E-state index in [1.165, 1.54) is 6.08 Å². The zero-order chi connectivity index (χ0) is 37.2. The van der Waals surface area contributed by atoms with Crippen LogP contribution < -0.4 is 15.4 Å². The number of carbonyl (C=O) groups excluding carboxylic acids is 5. The molecule has 2 N–H and O–H groups in total. The van der Waals surface area contributed by atoms with Gasteiger partial charge in [0.05, 0.1) is 19.6 Å². The number of hydrogen-bond acceptors (Lipinski definition) is 9. The minimum absolute atomic E-state index is 0.0155. The number of methoxy groups -OCH3 is 1. The number of carbonyl (C=O) groups is 5. The minimum Gasteiger partial charge on any atom is -0.497 e. The smallest absolute Gasteiger partial charge is 0.347 e. The van der Waals surface area contributed by atoms with Gasteiger partial charge in [0.25, 0.3) is 0 Å². The molecule has 11 nitrogen and oxygen atoms in total. The summed E-state index contributed by atoms with van der Waals surface area (Å²) in [5.74, 6) is -2.03. The molecule has 2 aliphatic rings. The molecule has 0 aromatic heterocycles. The second-order valence-electron chi connectivity index (χ2n) is 13.6. The van der Waals surface area contributed by atoms with Crippen LogP contribution >= 0.6 is 0 Å². The minimum atomic E-state index is -1.15. The molecule has 52 heavy (non-hydrogen) atoms. The maximum absolute atomic E-state index is 13.5. The van der Waals surface area contributed by atoms with Crippen molar-refractivity contribution >= 4 is 29.5 Å². The van der Waals surface area contributed by atoms with Crippen LogP contribution in [0.25, 0.3) is 0 Å². The van der Waals surface area contributed by atoms with E-state index in [-0.39, 0.29) is 62.1 Å². The van der Waals surface area contributed by atoms with Crippen molar-refractivity contribution in [1.82, 2.24) is 10.6 Å². The Morgan fingerprint density at radius 3 is 2.25 bits per heavy atom. The lowest BCUT2D eigenvalue weighted by molar-refractivity contribution is -0.174. The highest BCUT2D eigenvalue weighted by atomic mass is 16.6. The van der Waals surface area contributed by atoms with Gasteiger partial charge in [0, 0.05) is 36.4 Å². The predicted molar refractivity (Wildman–Crippen MR) is 192 cm³/mol. The van der Waals surface area contributed by atoms with Crippen LogP contribution in [-0.4, -0.2) is 67.5 Å². The summed E-state index contributed by atoms with van der Waals surface area (Å²) in [6.07, 6.45) is 0.881. The quantitative estimate of drug-likeness (QED) is 0.167. The van der Waals surface area contributed by atoms with E-state index in [1.54, 1.807) is 49.6 Å². The summed E-state index contributed by atoms with van der Waals surface area (Å²) < 4.78 is 22.9. The first kappa shape index (κ1) is 38.0. The number of amides is 2. The molecular weight excluding hydrogens is 664 g/mol. The first-order valence-electron chi connectivity index (χ1n) is 17.6. The van der Waals surface area contributed by atoms with Gasteiger partial charge in [-0.05, 0) is 41.7 Å². The first-order chi connectivity index (χ1) is 25.0. The van der Waals surface area contributed by atoms with Gasteiger partial charge in [0.1, 0.15) is 24.0 Å². The molecule has 11 heteroatoms. The molecule has 1 saturated heterocycles. The topological polar surface area (TPSA) is 150 Å². The van der Waals surface area contributed by atoms with E-state index in [1.807, 2.05) is 63.2 Å². The third kappa shape index (κ3) is 10.4. The zero-order valence-electron chi connectivity index (χ0n) is 29.9. The third-order valence-corrected chi connectivity index (χ3v) is 9.15. The van der Waals surface area contributed by atoms with Crippen LogP contribution in [0.1, 0.15) is 73.2 Å². The number of epoxide rings is 1. The molecule has 3 aromatic carbocycles. The summed E-state index contributed by atoms with van der Waals surface area (Å²) in [4.78, 5) is 65.6. The SMILES string of the molecule is COc1ccc(C[C@H]2NC(=O)/C=C/C[C@@H]([C@H](C)[C@@H]3O[C@@H]3c3ccc(C(=O)c4ccccc4)cc3)OC(=O)[C@H](CC(C)C)OC(=O)CCNC2=O)cc1. The average molecular weight is 711 g/mol. The highest BCUT2D eigenvalue weighted by Gasteiger charge is 2.47. The van der Waals surface area contributed by atoms with Crippen LogP contribution in [0.15, 0.2) is 91.0 Å². The molecule has 0 spiro atoms. The number of rotatable bonds is 10. The van der Waals surface area contributed by atoms with E-state index >= 15 is 0 Å². The number of ether oxygens (including phenoxy) is 4. The standard InChI is InChI=1S/C41H46N2O9/c1-25(2)23-34-41(48)51-33(26(3)38-39(52-38)30-17-15-29(16-18-30)37(46)28-9-6-5-7-10-28)11-8-12-35(44)43-32(40(47)42-22-21-36(45)50-34)24-27-13-19-31(49-4)20-14-27/h5-10,12-20,25-26,32-34,38-39H,11,21-24H2,1-4H3,(H,42,47)(H,43,44)/b12-8+/t26-,32+,33-,34-,38-,39+/m0/s1. The maximum Gasteiger partial charge on any atom is 0.347 e. The summed E-state index contributed by atoms with van der Waals surface area (Å²) in [6.45, 7) is 5.67. The number of hydrogen-bond donors (Lipinski definition) is 2. The average Bonchev–Trinajstić information content (AvgIpc) is 3.94. The van der Waals surface area contributed by atoms with Crippen LogP contribution in [-0.2, 0) is 39.8 Å². The Balaban J connectivity index is 1.32. The summed E-state index contributed by atoms with van der Waals surface area (Å²) in [6, 6.07) is 22.6. The fourth-order valence-electron chi connectivity index (χ4n) is 6.16. The number of ketones is 1. The van der Waals surface area contributed by atoms with Gasteiger partial charge in [0.2, 0.25) is 11.8 Å². The van der Waals surface area contributed by atoms with Crippen molar-refractivity contribution < 1.29 is 42.9 Å². The van der Waals surface area contributed by atoms with Gasteiger partial charge in [-0.3, -0.25) is 19.2 Å². The van der Waals surface area contributed by atoms with Crippen molar-refractivity contribution in [3.8, 4) is 5.75 Å². The third-order valence-electron chi connectivity index (χ3n) is 9.15. The monoisotopic (exact) mass is 710 g/mol. The fraction of sp³-hybridized carbons (Fsp3) is 0.390. The molecule has 1 fully saturated rings. The molecule has 2 amide bonds. The van der Waals surface area contributed by atoms with Crippen molar-refractivity contribution in [2.75, 3.05) is 13.7 Å². The molecule has 2 aliphatic heterocycles. The van der Waals surface area contributed by atoms with Crippen molar-refractivity contribution in [3.63, 3.8) is 0 Å². The van der Waals surface area contributed by atoms with Gasteiger partial charge < -0.3 is 29.6 Å². The fourth-order valence-corrected chi connectivity index (χ4v) is 6.16. The molecule has 0 unspecified atom stereocenters. The van der Waals surface area contributed by atoms with E-state index in [9.17, 15) is 24.0 Å². The van der Waals surface area contributed by atoms with Crippen LogP contribution in [0.4, 0.5) is 0 Å². The Morgan fingerprint density at radius 1 is 0.885 bits per heavy atom. The maximum atomic E-state index is 13.5. The van der Waals surface area contributed by atoms with Crippen molar-refractivity contribution in [2.24, 2.45) is 11.8 Å². The van der Waals surface area contributed by atoms with Gasteiger partial charge in [-0.1, -0.05) is 93.6 Å². The summed E-state index contributed by atoms with van der Waals surface area (Å²) in [5, 5.41) is 5.46. The molecule has 0 radical (unpaired) electrons. The lowest BCUT2D eigenvalue weighted by Gasteiger charge is -2.26. The molecule has 2 heterocycles. The van der Waals surface area contributed by atoms with Crippen LogP contribution in [0, 0.1) is 11.8 Å². The van der Waals surface area contributed by atoms with Crippen molar-refractivity contribution in [1.29, 1.82) is 0 Å². The summed E-state index contributed by atoms with van der Waals surface area (Å²) in [5.41, 5.74) is 2.84. The number of benzene rings is 3. The largest absolute Gasteiger partial charge is 0.497 e. The highest BCUT2D eigenvalue weighted by Crippen LogP contribution is 2.45. The predicted octanol–water partition coefficient (Wildman–Crippen LogP) is 5.07. The van der Waals surface area contributed by atoms with Crippen LogP contribution in [0.3, 0.4) is 0 Å². The normalized spacial score (nSPS) is 24.1. The first-order valence-corrected chi connectivity index (χ1v) is 17.6. The zero-order valence-corrected chi connectivity index (χ0v) is 29.9. The van der Waals surface area contributed by atoms with Gasteiger partial charge in [-0.15, -0.1) is 0 Å². The van der Waals surface area contributed by atoms with E-state index in [0.717, 1.165) is 11.1 Å². The van der Waals surface area contributed by atoms with E-state index in [0.29, 0.717) is 16.9 Å². The molecular formula is C41H46N2O9. The number of nitrogens with one attached hydrogen (secondary N) is 2. The van der Waals surface area contributed by atoms with E-state index in [2.05, 4.69) is 10.6 Å². The van der Waals surface area contributed by atoms with Gasteiger partial charge in [-0.2, -0.15) is 0 Å². The summed E-state index contributed by atoms with van der Waals surface area (Å²) in [7, 11) is 1.56. The van der Waals surface area contributed by atoms with Gasteiger partial charge >= 0.3 is 11.9 Å². The molecule has 274 valence electrons. The van der Waals surface area contributed by atoms with Gasteiger partial charge in [0.15, 0.2) is 11.9 Å².